The van der Waals surface area contributed by atoms with Crippen LogP contribution in [0.4, 0.5) is 14.5 Å². The normalized spacial score (nSPS) is 10.6. The molecule has 2 aromatic carbocycles. The number of nitrogens with zero attached hydrogens (tertiary/aromatic N) is 1. The summed E-state index contributed by atoms with van der Waals surface area (Å²) in [6.45, 7) is 2.98. The van der Waals surface area contributed by atoms with Crippen LogP contribution in [0.25, 0.3) is 0 Å². The van der Waals surface area contributed by atoms with E-state index in [2.05, 4.69) is 0 Å². The molecule has 2 rings (SSSR count). The second kappa shape index (κ2) is 6.48. The summed E-state index contributed by atoms with van der Waals surface area (Å²) < 4.78 is 28.2. The third-order valence-electron chi connectivity index (χ3n) is 3.23. The van der Waals surface area contributed by atoms with Gasteiger partial charge in [0.15, 0.2) is 0 Å². The Hall–Kier alpha value is -1.94. The molecule has 2 N–H and O–H groups in total. The lowest BCUT2D eigenvalue weighted by Gasteiger charge is -2.24. The monoisotopic (exact) mass is 276 g/mol. The maximum atomic E-state index is 14.1. The number of halogens is 2. The predicted molar refractivity (Wildman–Crippen MR) is 77.4 cm³/mol. The van der Waals surface area contributed by atoms with E-state index in [0.29, 0.717) is 18.7 Å². The molecule has 106 valence electrons. The van der Waals surface area contributed by atoms with Gasteiger partial charge in [0.05, 0.1) is 0 Å². The summed E-state index contributed by atoms with van der Waals surface area (Å²) in [6.07, 6.45) is 0. The quantitative estimate of drug-likeness (QED) is 0.906. The highest BCUT2D eigenvalue weighted by Gasteiger charge is 2.17. The molecule has 20 heavy (non-hydrogen) atoms. The summed E-state index contributed by atoms with van der Waals surface area (Å²) in [4.78, 5) is 1.68. The van der Waals surface area contributed by atoms with Crippen LogP contribution in [0.15, 0.2) is 42.5 Å². The highest BCUT2D eigenvalue weighted by atomic mass is 19.1. The predicted octanol–water partition coefficient (Wildman–Crippen LogP) is 3.45. The van der Waals surface area contributed by atoms with Crippen molar-refractivity contribution in [3.8, 4) is 0 Å². The van der Waals surface area contributed by atoms with Crippen molar-refractivity contribution in [3.05, 3.63) is 65.2 Å². The molecule has 0 aliphatic rings. The Morgan fingerprint density at radius 2 is 1.60 bits per heavy atom. The smallest absolute Gasteiger partial charge is 0.149 e. The van der Waals surface area contributed by atoms with Crippen molar-refractivity contribution in [2.45, 2.75) is 20.0 Å². The fraction of sp³-hybridized carbons (Fsp3) is 0.250. The Balaban J connectivity index is 2.32. The first-order valence-electron chi connectivity index (χ1n) is 6.62. The van der Waals surface area contributed by atoms with Gasteiger partial charge in [-0.15, -0.1) is 0 Å². The van der Waals surface area contributed by atoms with E-state index in [0.717, 1.165) is 5.56 Å². The second-order valence-corrected chi connectivity index (χ2v) is 4.61. The highest BCUT2D eigenvalue weighted by Crippen LogP contribution is 2.26. The van der Waals surface area contributed by atoms with Crippen LogP contribution in [-0.2, 0) is 13.1 Å². The van der Waals surface area contributed by atoms with E-state index < -0.39 is 11.6 Å². The zero-order valence-electron chi connectivity index (χ0n) is 11.4. The van der Waals surface area contributed by atoms with Gasteiger partial charge in [0.25, 0.3) is 0 Å². The van der Waals surface area contributed by atoms with Crippen molar-refractivity contribution < 1.29 is 8.78 Å². The largest absolute Gasteiger partial charge is 0.363 e. The summed E-state index contributed by atoms with van der Waals surface area (Å²) in [5.41, 5.74) is 6.90. The van der Waals surface area contributed by atoms with Gasteiger partial charge >= 0.3 is 0 Å². The molecule has 0 saturated heterocycles. The lowest BCUT2D eigenvalue weighted by molar-refractivity contribution is 0.568. The minimum absolute atomic E-state index is 0.00792. The van der Waals surface area contributed by atoms with Gasteiger partial charge in [-0.3, -0.25) is 0 Å². The van der Waals surface area contributed by atoms with Gasteiger partial charge in [-0.1, -0.05) is 30.3 Å². The Labute approximate surface area is 117 Å². The number of hydrogen-bond donors (Lipinski definition) is 1. The fourth-order valence-corrected chi connectivity index (χ4v) is 2.19. The molecule has 0 heterocycles. The maximum Gasteiger partial charge on any atom is 0.149 e. The summed E-state index contributed by atoms with van der Waals surface area (Å²) in [6, 6.07) is 12.2. The average Bonchev–Trinajstić information content (AvgIpc) is 2.46. The van der Waals surface area contributed by atoms with Crippen molar-refractivity contribution in [2.24, 2.45) is 5.73 Å². The molecule has 0 aliphatic carbocycles. The Morgan fingerprint density at radius 3 is 2.10 bits per heavy atom. The van der Waals surface area contributed by atoms with Crippen molar-refractivity contribution in [1.82, 2.24) is 0 Å². The van der Waals surface area contributed by atoms with Crippen LogP contribution in [0.2, 0.25) is 0 Å². The van der Waals surface area contributed by atoms with E-state index in [9.17, 15) is 8.78 Å². The lowest BCUT2D eigenvalue weighted by Crippen LogP contribution is -2.24. The van der Waals surface area contributed by atoms with Gasteiger partial charge in [-0.25, -0.2) is 8.78 Å². The molecular weight excluding hydrogens is 258 g/mol. The van der Waals surface area contributed by atoms with E-state index in [1.54, 1.807) is 4.90 Å². The highest BCUT2D eigenvalue weighted by molar-refractivity contribution is 5.51. The molecule has 0 fully saturated rings. The first kappa shape index (κ1) is 14.5. The van der Waals surface area contributed by atoms with Crippen LogP contribution in [0.5, 0.6) is 0 Å². The standard InChI is InChI=1S/C16H18F2N2/c1-2-20(11-12-6-4-3-5-7-12)16-14(17)8-13(10-19)9-15(16)18/h3-9H,2,10-11,19H2,1H3. The van der Waals surface area contributed by atoms with Crippen molar-refractivity contribution >= 4 is 5.69 Å². The van der Waals surface area contributed by atoms with E-state index in [1.807, 2.05) is 37.3 Å². The number of benzene rings is 2. The number of rotatable bonds is 5. The summed E-state index contributed by atoms with van der Waals surface area (Å²) in [7, 11) is 0. The van der Waals surface area contributed by atoms with Gasteiger partial charge in [-0.05, 0) is 30.2 Å². The molecule has 0 radical (unpaired) electrons. The third kappa shape index (κ3) is 3.14. The average molecular weight is 276 g/mol. The van der Waals surface area contributed by atoms with Crippen LogP contribution in [0.1, 0.15) is 18.1 Å². The van der Waals surface area contributed by atoms with E-state index in [4.69, 9.17) is 5.73 Å². The van der Waals surface area contributed by atoms with Crippen LogP contribution >= 0.6 is 0 Å². The molecule has 0 aromatic heterocycles. The van der Waals surface area contributed by atoms with E-state index in [-0.39, 0.29) is 12.2 Å². The Morgan fingerprint density at radius 1 is 1.00 bits per heavy atom. The molecule has 0 bridgehead atoms. The Kier molecular flexibility index (Phi) is 4.69. The minimum Gasteiger partial charge on any atom is -0.363 e. The van der Waals surface area contributed by atoms with Gasteiger partial charge in [0.1, 0.15) is 17.3 Å². The van der Waals surface area contributed by atoms with Gasteiger partial charge < -0.3 is 10.6 Å². The molecule has 0 unspecified atom stereocenters. The molecule has 2 nitrogen and oxygen atoms in total. The van der Waals surface area contributed by atoms with Crippen molar-refractivity contribution in [3.63, 3.8) is 0 Å². The van der Waals surface area contributed by atoms with Gasteiger partial charge in [0, 0.05) is 19.6 Å². The fourth-order valence-electron chi connectivity index (χ4n) is 2.19. The molecule has 0 spiro atoms. The number of hydrogen-bond acceptors (Lipinski definition) is 2. The zero-order chi connectivity index (χ0) is 14.5. The molecule has 4 heteroatoms. The second-order valence-electron chi connectivity index (χ2n) is 4.61. The van der Waals surface area contributed by atoms with E-state index in [1.165, 1.54) is 12.1 Å². The lowest BCUT2D eigenvalue weighted by atomic mass is 10.1. The molecule has 0 aliphatic heterocycles. The minimum atomic E-state index is -0.566. The molecule has 2 aromatic rings. The van der Waals surface area contributed by atoms with Crippen molar-refractivity contribution in [2.75, 3.05) is 11.4 Å². The number of nitrogens with two attached hydrogens (primary N) is 1. The topological polar surface area (TPSA) is 29.3 Å². The molecule has 0 amide bonds. The summed E-state index contributed by atoms with van der Waals surface area (Å²) in [5.74, 6) is -1.13. The molecule has 0 atom stereocenters. The first-order valence-corrected chi connectivity index (χ1v) is 6.62. The molecule has 0 saturated carbocycles. The van der Waals surface area contributed by atoms with Crippen LogP contribution in [-0.4, -0.2) is 6.54 Å². The van der Waals surface area contributed by atoms with E-state index >= 15 is 0 Å². The molecular formula is C16H18F2N2. The third-order valence-corrected chi connectivity index (χ3v) is 3.23. The van der Waals surface area contributed by atoms with Crippen LogP contribution in [0.3, 0.4) is 0 Å². The SMILES string of the molecule is CCN(Cc1ccccc1)c1c(F)cc(CN)cc1F. The van der Waals surface area contributed by atoms with Crippen LogP contribution in [0, 0.1) is 11.6 Å². The van der Waals surface area contributed by atoms with Crippen molar-refractivity contribution in [1.29, 1.82) is 0 Å². The van der Waals surface area contributed by atoms with Crippen LogP contribution < -0.4 is 10.6 Å². The summed E-state index contributed by atoms with van der Waals surface area (Å²) >= 11 is 0. The van der Waals surface area contributed by atoms with Gasteiger partial charge in [-0.2, -0.15) is 0 Å². The zero-order valence-corrected chi connectivity index (χ0v) is 11.4. The first-order chi connectivity index (χ1) is 9.65. The Bertz CT molecular complexity index is 547. The number of anilines is 1. The maximum absolute atomic E-state index is 14.1. The van der Waals surface area contributed by atoms with Gasteiger partial charge in [0.2, 0.25) is 0 Å². The summed E-state index contributed by atoms with van der Waals surface area (Å²) in [5, 5.41) is 0.